The first-order chi connectivity index (χ1) is 12.4. The highest BCUT2D eigenvalue weighted by atomic mass is 16.1. The Balaban J connectivity index is 1.67. The number of amides is 1. The number of carbonyl (C=O) groups is 1. The lowest BCUT2D eigenvalue weighted by Gasteiger charge is -2.45. The van der Waals surface area contributed by atoms with Crippen LogP contribution in [-0.4, -0.2) is 85.1 Å². The van der Waals surface area contributed by atoms with Crippen molar-refractivity contribution < 1.29 is 4.79 Å². The van der Waals surface area contributed by atoms with Gasteiger partial charge in [-0.3, -0.25) is 9.69 Å². The van der Waals surface area contributed by atoms with Crippen molar-refractivity contribution in [3.63, 3.8) is 0 Å². The van der Waals surface area contributed by atoms with Crippen molar-refractivity contribution in [1.29, 1.82) is 0 Å². The molecule has 1 aromatic rings. The third-order valence-electron chi connectivity index (χ3n) is 5.90. The van der Waals surface area contributed by atoms with Gasteiger partial charge in [-0.1, -0.05) is 12.8 Å². The second-order valence-electron chi connectivity index (χ2n) is 7.97. The zero-order valence-electron chi connectivity index (χ0n) is 16.6. The fourth-order valence-corrected chi connectivity index (χ4v) is 4.15. The number of nitrogens with one attached hydrogen (secondary N) is 1. The SMILES string of the molecule is Cc1nc(N(C)C)ncc1C(=O)NCC1(N2CCN(C)CC2)CCCC1. The van der Waals surface area contributed by atoms with Crippen LogP contribution < -0.4 is 10.2 Å². The molecule has 1 saturated carbocycles. The molecule has 1 aliphatic heterocycles. The zero-order chi connectivity index (χ0) is 18.7. The Hall–Kier alpha value is -1.73. The Kier molecular flexibility index (Phi) is 5.77. The number of carbonyl (C=O) groups excluding carboxylic acids is 1. The predicted molar refractivity (Wildman–Crippen MR) is 104 cm³/mol. The van der Waals surface area contributed by atoms with E-state index in [1.807, 2.05) is 25.9 Å². The third kappa shape index (κ3) is 3.99. The summed E-state index contributed by atoms with van der Waals surface area (Å²) in [4.78, 5) is 28.3. The molecule has 144 valence electrons. The number of rotatable bonds is 5. The molecule has 0 unspecified atom stereocenters. The highest BCUT2D eigenvalue weighted by Crippen LogP contribution is 2.35. The molecule has 1 aliphatic carbocycles. The summed E-state index contributed by atoms with van der Waals surface area (Å²) < 4.78 is 0. The summed E-state index contributed by atoms with van der Waals surface area (Å²) in [6.07, 6.45) is 6.49. The van der Waals surface area contributed by atoms with E-state index in [9.17, 15) is 4.79 Å². The molecule has 0 bridgehead atoms. The summed E-state index contributed by atoms with van der Waals surface area (Å²) in [6, 6.07) is 0. The van der Waals surface area contributed by atoms with E-state index in [1.54, 1.807) is 6.20 Å². The molecular weight excluding hydrogens is 328 g/mol. The molecule has 1 aromatic heterocycles. The Bertz CT molecular complexity index is 633. The molecule has 7 heteroatoms. The van der Waals surface area contributed by atoms with Crippen molar-refractivity contribution in [2.24, 2.45) is 0 Å². The maximum absolute atomic E-state index is 12.7. The normalized spacial score (nSPS) is 20.9. The summed E-state index contributed by atoms with van der Waals surface area (Å²) in [5, 5.41) is 3.19. The number of anilines is 1. The minimum Gasteiger partial charge on any atom is -0.350 e. The van der Waals surface area contributed by atoms with E-state index in [2.05, 4.69) is 32.1 Å². The molecule has 0 atom stereocenters. The molecule has 2 aliphatic rings. The largest absolute Gasteiger partial charge is 0.350 e. The van der Waals surface area contributed by atoms with Gasteiger partial charge in [0.05, 0.1) is 11.3 Å². The molecule has 0 aromatic carbocycles. The quantitative estimate of drug-likeness (QED) is 0.850. The first-order valence-corrected chi connectivity index (χ1v) is 9.64. The highest BCUT2D eigenvalue weighted by molar-refractivity contribution is 5.95. The number of hydrogen-bond donors (Lipinski definition) is 1. The van der Waals surface area contributed by atoms with E-state index >= 15 is 0 Å². The zero-order valence-corrected chi connectivity index (χ0v) is 16.6. The van der Waals surface area contributed by atoms with Gasteiger partial charge in [0.25, 0.3) is 5.91 Å². The van der Waals surface area contributed by atoms with Crippen LogP contribution >= 0.6 is 0 Å². The Morgan fingerprint density at radius 1 is 1.23 bits per heavy atom. The van der Waals surface area contributed by atoms with Crippen LogP contribution in [0.15, 0.2) is 6.20 Å². The maximum atomic E-state index is 12.7. The van der Waals surface area contributed by atoms with Gasteiger partial charge in [0.1, 0.15) is 0 Å². The molecule has 2 fully saturated rings. The number of nitrogens with zero attached hydrogens (tertiary/aromatic N) is 5. The lowest BCUT2D eigenvalue weighted by Crippen LogP contribution is -2.59. The van der Waals surface area contributed by atoms with Crippen LogP contribution in [0.4, 0.5) is 5.95 Å². The van der Waals surface area contributed by atoms with Gasteiger partial charge in [-0.15, -0.1) is 0 Å². The standard InChI is InChI=1S/C19H32N6O/c1-15-16(13-20-18(22-15)23(2)3)17(26)21-14-19(7-5-6-8-19)25-11-9-24(4)10-12-25/h13H,5-12,14H2,1-4H3,(H,21,26). The Labute approximate surface area is 156 Å². The first-order valence-electron chi connectivity index (χ1n) is 9.64. The van der Waals surface area contributed by atoms with Crippen molar-refractivity contribution in [1.82, 2.24) is 25.1 Å². The average molecular weight is 361 g/mol. The van der Waals surface area contributed by atoms with Crippen molar-refractivity contribution in [2.75, 3.05) is 58.8 Å². The van der Waals surface area contributed by atoms with Gasteiger partial charge in [0.2, 0.25) is 5.95 Å². The van der Waals surface area contributed by atoms with Crippen LogP contribution in [0.1, 0.15) is 41.7 Å². The van der Waals surface area contributed by atoms with E-state index in [4.69, 9.17) is 0 Å². The fraction of sp³-hybridized carbons (Fsp3) is 0.737. The topological polar surface area (TPSA) is 64.6 Å². The Morgan fingerprint density at radius 3 is 2.46 bits per heavy atom. The lowest BCUT2D eigenvalue weighted by atomic mass is 9.93. The molecule has 0 radical (unpaired) electrons. The molecule has 1 saturated heterocycles. The van der Waals surface area contributed by atoms with Gasteiger partial charge < -0.3 is 15.1 Å². The van der Waals surface area contributed by atoms with Crippen molar-refractivity contribution in [3.05, 3.63) is 17.5 Å². The number of likely N-dealkylation sites (N-methyl/N-ethyl adjacent to an activating group) is 1. The van der Waals surface area contributed by atoms with Crippen LogP contribution in [0.2, 0.25) is 0 Å². The highest BCUT2D eigenvalue weighted by Gasteiger charge is 2.40. The summed E-state index contributed by atoms with van der Waals surface area (Å²) in [6.45, 7) is 6.97. The minimum absolute atomic E-state index is 0.0618. The van der Waals surface area contributed by atoms with Crippen LogP contribution in [-0.2, 0) is 0 Å². The van der Waals surface area contributed by atoms with E-state index in [1.165, 1.54) is 25.7 Å². The van der Waals surface area contributed by atoms with Crippen LogP contribution in [0, 0.1) is 6.92 Å². The second-order valence-corrected chi connectivity index (χ2v) is 7.97. The molecule has 2 heterocycles. The molecule has 26 heavy (non-hydrogen) atoms. The molecule has 1 amide bonds. The van der Waals surface area contributed by atoms with E-state index in [-0.39, 0.29) is 11.4 Å². The first kappa shape index (κ1) is 19.0. The van der Waals surface area contributed by atoms with E-state index in [0.29, 0.717) is 18.1 Å². The van der Waals surface area contributed by atoms with Crippen molar-refractivity contribution in [2.45, 2.75) is 38.1 Å². The van der Waals surface area contributed by atoms with Crippen LogP contribution in [0.5, 0.6) is 0 Å². The van der Waals surface area contributed by atoms with E-state index < -0.39 is 0 Å². The van der Waals surface area contributed by atoms with Gasteiger partial charge in [0.15, 0.2) is 0 Å². The van der Waals surface area contributed by atoms with Gasteiger partial charge >= 0.3 is 0 Å². The summed E-state index contributed by atoms with van der Waals surface area (Å²) in [5.41, 5.74) is 1.42. The summed E-state index contributed by atoms with van der Waals surface area (Å²) >= 11 is 0. The Morgan fingerprint density at radius 2 is 1.88 bits per heavy atom. The van der Waals surface area contributed by atoms with Gasteiger partial charge in [-0.25, -0.2) is 9.97 Å². The number of aromatic nitrogens is 2. The predicted octanol–water partition coefficient (Wildman–Crippen LogP) is 1.14. The second kappa shape index (κ2) is 7.88. The third-order valence-corrected chi connectivity index (χ3v) is 5.90. The van der Waals surface area contributed by atoms with Crippen molar-refractivity contribution >= 4 is 11.9 Å². The molecular formula is C19H32N6O. The summed E-state index contributed by atoms with van der Waals surface area (Å²) in [5.74, 6) is 0.567. The summed E-state index contributed by atoms with van der Waals surface area (Å²) in [7, 11) is 5.98. The molecule has 7 nitrogen and oxygen atoms in total. The maximum Gasteiger partial charge on any atom is 0.254 e. The number of piperazine rings is 1. The molecule has 0 spiro atoms. The van der Waals surface area contributed by atoms with Gasteiger partial charge in [-0.2, -0.15) is 0 Å². The lowest BCUT2D eigenvalue weighted by molar-refractivity contribution is 0.0414. The molecule has 1 N–H and O–H groups in total. The van der Waals surface area contributed by atoms with E-state index in [0.717, 1.165) is 31.9 Å². The monoisotopic (exact) mass is 360 g/mol. The number of aryl methyl sites for hydroxylation is 1. The number of hydrogen-bond acceptors (Lipinski definition) is 6. The molecule has 3 rings (SSSR count). The van der Waals surface area contributed by atoms with Crippen molar-refractivity contribution in [3.8, 4) is 0 Å². The van der Waals surface area contributed by atoms with Gasteiger partial charge in [0, 0.05) is 58.6 Å². The van der Waals surface area contributed by atoms with Gasteiger partial charge in [-0.05, 0) is 26.8 Å². The smallest absolute Gasteiger partial charge is 0.254 e. The minimum atomic E-state index is -0.0618. The van der Waals surface area contributed by atoms with Crippen LogP contribution in [0.3, 0.4) is 0 Å². The van der Waals surface area contributed by atoms with Crippen LogP contribution in [0.25, 0.3) is 0 Å². The average Bonchev–Trinajstić information content (AvgIpc) is 3.10. The fourth-order valence-electron chi connectivity index (χ4n) is 4.15.